The fraction of sp³-hybridized carbons (Fsp3) is 0.222. The lowest BCUT2D eigenvalue weighted by atomic mass is 10.1. The molecule has 0 radical (unpaired) electrons. The van der Waals surface area contributed by atoms with Crippen LogP contribution < -0.4 is 0 Å². The van der Waals surface area contributed by atoms with Crippen LogP contribution in [0.25, 0.3) is 0 Å². The van der Waals surface area contributed by atoms with Gasteiger partial charge in [-0.15, -0.1) is 0 Å². The molecule has 23 heavy (non-hydrogen) atoms. The molecule has 5 heteroatoms. The number of carbonyl (C=O) groups is 2. The molecule has 0 saturated heterocycles. The van der Waals surface area contributed by atoms with Crippen molar-refractivity contribution in [2.45, 2.75) is 25.6 Å². The summed E-state index contributed by atoms with van der Waals surface area (Å²) in [5.74, 6) is -0.598. The molecule has 0 aliphatic rings. The van der Waals surface area contributed by atoms with E-state index >= 15 is 0 Å². The highest BCUT2D eigenvalue weighted by atomic mass is 35.5. The molecule has 2 aromatic carbocycles. The Balaban J connectivity index is 1.91. The summed E-state index contributed by atoms with van der Waals surface area (Å²) >= 11 is 5.25. The van der Waals surface area contributed by atoms with E-state index in [1.807, 2.05) is 60.7 Å². The average Bonchev–Trinajstić information content (AvgIpc) is 2.58. The minimum atomic E-state index is -1.01. The zero-order valence-electron chi connectivity index (χ0n) is 12.5. The maximum Gasteiger partial charge on any atom is 0.404 e. The van der Waals surface area contributed by atoms with Gasteiger partial charge in [0, 0.05) is 11.6 Å². The molecule has 0 heterocycles. The lowest BCUT2D eigenvalue weighted by Gasteiger charge is -2.15. The normalized spacial score (nSPS) is 11.5. The number of ether oxygens (including phenoxy) is 2. The predicted octanol–water partition coefficient (Wildman–Crippen LogP) is 4.11. The SMILES string of the molecule is O=C(Cl)O[C@@H](CCc1ccccc1)C(=O)OCc1ccccc1. The number of halogens is 1. The summed E-state index contributed by atoms with van der Waals surface area (Å²) in [5, 5.41) is 0. The van der Waals surface area contributed by atoms with Crippen LogP contribution in [0.15, 0.2) is 60.7 Å². The predicted molar refractivity (Wildman–Crippen MR) is 87.1 cm³/mol. The summed E-state index contributed by atoms with van der Waals surface area (Å²) in [6, 6.07) is 18.9. The minimum absolute atomic E-state index is 0.126. The molecule has 4 nitrogen and oxygen atoms in total. The van der Waals surface area contributed by atoms with Crippen LogP contribution in [0.1, 0.15) is 17.5 Å². The Labute approximate surface area is 140 Å². The van der Waals surface area contributed by atoms with Gasteiger partial charge in [-0.1, -0.05) is 60.7 Å². The van der Waals surface area contributed by atoms with E-state index in [0.29, 0.717) is 12.8 Å². The van der Waals surface area contributed by atoms with Crippen molar-refractivity contribution in [3.63, 3.8) is 0 Å². The van der Waals surface area contributed by atoms with E-state index in [4.69, 9.17) is 21.1 Å². The molecule has 0 fully saturated rings. The van der Waals surface area contributed by atoms with Crippen LogP contribution in [0.5, 0.6) is 0 Å². The average molecular weight is 333 g/mol. The molecule has 0 spiro atoms. The van der Waals surface area contributed by atoms with Gasteiger partial charge in [-0.2, -0.15) is 0 Å². The third-order valence-corrected chi connectivity index (χ3v) is 3.35. The van der Waals surface area contributed by atoms with Crippen LogP contribution in [0.2, 0.25) is 0 Å². The zero-order valence-corrected chi connectivity index (χ0v) is 13.2. The number of esters is 1. The first kappa shape index (κ1) is 17.0. The molecule has 0 aliphatic heterocycles. The van der Waals surface area contributed by atoms with Crippen LogP contribution in [0.4, 0.5) is 4.79 Å². The van der Waals surface area contributed by atoms with Crippen molar-refractivity contribution in [1.82, 2.24) is 0 Å². The topological polar surface area (TPSA) is 52.6 Å². The number of carbonyl (C=O) groups excluding carboxylic acids is 2. The molecule has 2 aromatic rings. The molecular weight excluding hydrogens is 316 g/mol. The van der Waals surface area contributed by atoms with Crippen LogP contribution in [-0.2, 0) is 27.3 Å². The molecule has 0 aliphatic carbocycles. The van der Waals surface area contributed by atoms with E-state index < -0.39 is 17.5 Å². The highest BCUT2D eigenvalue weighted by molar-refractivity contribution is 6.61. The summed E-state index contributed by atoms with van der Waals surface area (Å²) in [4.78, 5) is 23.1. The Morgan fingerprint density at radius 2 is 1.48 bits per heavy atom. The number of rotatable bonds is 7. The standard InChI is InChI=1S/C18H17ClO4/c19-18(21)23-16(12-11-14-7-3-1-4-8-14)17(20)22-13-15-9-5-2-6-10-15/h1-10,16H,11-13H2/t16-/m0/s1. The maximum atomic E-state index is 12.1. The summed E-state index contributed by atoms with van der Waals surface area (Å²) in [6.45, 7) is 0.126. The summed E-state index contributed by atoms with van der Waals surface area (Å²) in [5.41, 5.74) is 0.888. The van der Waals surface area contributed by atoms with Gasteiger partial charge in [-0.05, 0) is 24.0 Å². The Bertz CT molecular complexity index is 628. The second-order valence-corrected chi connectivity index (χ2v) is 5.27. The highest BCUT2D eigenvalue weighted by Gasteiger charge is 2.23. The van der Waals surface area contributed by atoms with Crippen LogP contribution >= 0.6 is 11.6 Å². The van der Waals surface area contributed by atoms with E-state index in [9.17, 15) is 9.59 Å². The van der Waals surface area contributed by atoms with Gasteiger partial charge in [0.05, 0.1) is 0 Å². The van der Waals surface area contributed by atoms with Crippen molar-refractivity contribution in [3.05, 3.63) is 71.8 Å². The molecule has 0 bridgehead atoms. The summed E-state index contributed by atoms with van der Waals surface area (Å²) in [7, 11) is 0. The van der Waals surface area contributed by atoms with Crippen molar-refractivity contribution in [2.24, 2.45) is 0 Å². The monoisotopic (exact) mass is 332 g/mol. The maximum absolute atomic E-state index is 12.1. The van der Waals surface area contributed by atoms with Crippen molar-refractivity contribution in [1.29, 1.82) is 0 Å². The second-order valence-electron chi connectivity index (χ2n) is 4.96. The van der Waals surface area contributed by atoms with Crippen molar-refractivity contribution in [2.75, 3.05) is 0 Å². The first-order valence-corrected chi connectivity index (χ1v) is 7.63. The molecule has 1 atom stereocenters. The first-order valence-electron chi connectivity index (χ1n) is 7.26. The fourth-order valence-electron chi connectivity index (χ4n) is 2.10. The van der Waals surface area contributed by atoms with Crippen molar-refractivity contribution in [3.8, 4) is 0 Å². The van der Waals surface area contributed by atoms with Gasteiger partial charge in [-0.3, -0.25) is 0 Å². The Hall–Kier alpha value is -2.33. The molecule has 120 valence electrons. The fourth-order valence-corrected chi connectivity index (χ4v) is 2.21. The van der Waals surface area contributed by atoms with Gasteiger partial charge in [0.1, 0.15) is 6.61 Å². The van der Waals surface area contributed by atoms with Gasteiger partial charge < -0.3 is 9.47 Å². The smallest absolute Gasteiger partial charge is 0.404 e. The van der Waals surface area contributed by atoms with Gasteiger partial charge in [-0.25, -0.2) is 9.59 Å². The van der Waals surface area contributed by atoms with E-state index in [-0.39, 0.29) is 6.61 Å². The van der Waals surface area contributed by atoms with E-state index in [0.717, 1.165) is 11.1 Å². The largest absolute Gasteiger partial charge is 0.458 e. The highest BCUT2D eigenvalue weighted by Crippen LogP contribution is 2.12. The third kappa shape index (κ3) is 6.12. The first-order chi connectivity index (χ1) is 11.1. The van der Waals surface area contributed by atoms with E-state index in [2.05, 4.69) is 0 Å². The molecule has 0 unspecified atom stereocenters. The van der Waals surface area contributed by atoms with E-state index in [1.54, 1.807) is 0 Å². The van der Waals surface area contributed by atoms with Crippen LogP contribution in [0, 0.1) is 0 Å². The number of aryl methyl sites for hydroxylation is 1. The van der Waals surface area contributed by atoms with Gasteiger partial charge in [0.2, 0.25) is 0 Å². The third-order valence-electron chi connectivity index (χ3n) is 3.26. The van der Waals surface area contributed by atoms with Crippen LogP contribution in [0.3, 0.4) is 0 Å². The lowest BCUT2D eigenvalue weighted by molar-refractivity contribution is -0.154. The van der Waals surface area contributed by atoms with Gasteiger partial charge in [0.15, 0.2) is 6.10 Å². The number of hydrogen-bond acceptors (Lipinski definition) is 4. The molecular formula is C18H17ClO4. The summed E-state index contributed by atoms with van der Waals surface area (Å²) < 4.78 is 10.1. The summed E-state index contributed by atoms with van der Waals surface area (Å²) in [6.07, 6.45) is -0.115. The van der Waals surface area contributed by atoms with Gasteiger partial charge >= 0.3 is 11.4 Å². The Morgan fingerprint density at radius 1 is 0.913 bits per heavy atom. The lowest BCUT2D eigenvalue weighted by Crippen LogP contribution is -2.28. The molecule has 0 saturated carbocycles. The molecule has 0 amide bonds. The minimum Gasteiger partial charge on any atom is -0.458 e. The van der Waals surface area contributed by atoms with Crippen LogP contribution in [-0.4, -0.2) is 17.5 Å². The van der Waals surface area contributed by atoms with Crippen molar-refractivity contribution >= 4 is 23.0 Å². The molecule has 2 rings (SSSR count). The Morgan fingerprint density at radius 3 is 2.04 bits per heavy atom. The van der Waals surface area contributed by atoms with Gasteiger partial charge in [0.25, 0.3) is 0 Å². The molecule has 0 N–H and O–H groups in total. The zero-order chi connectivity index (χ0) is 16.5. The number of benzene rings is 2. The number of hydrogen-bond donors (Lipinski definition) is 0. The Kier molecular flexibility index (Phi) is 6.63. The second kappa shape index (κ2) is 8.96. The van der Waals surface area contributed by atoms with Crippen molar-refractivity contribution < 1.29 is 19.1 Å². The molecule has 0 aromatic heterocycles. The quantitative estimate of drug-likeness (QED) is 0.565. The van der Waals surface area contributed by atoms with E-state index in [1.165, 1.54) is 0 Å².